The summed E-state index contributed by atoms with van der Waals surface area (Å²) in [5.41, 5.74) is -0.311. The third kappa shape index (κ3) is 4.39. The Morgan fingerprint density at radius 2 is 1.58 bits per heavy atom. The predicted octanol–water partition coefficient (Wildman–Crippen LogP) is 7.57. The summed E-state index contributed by atoms with van der Waals surface area (Å²) in [5.74, 6) is -11.7. The Morgan fingerprint density at radius 1 is 0.895 bits per heavy atom. The normalized spacial score (nSPS) is 14.5. The van der Waals surface area contributed by atoms with Gasteiger partial charge in [0.25, 0.3) is 5.91 Å². The number of hydrazone groups is 1. The number of ether oxygens (including phenoxy) is 1. The Kier molecular flexibility index (Phi) is 6.62. The maximum absolute atomic E-state index is 14.4. The third-order valence-corrected chi connectivity index (χ3v) is 6.20. The summed E-state index contributed by atoms with van der Waals surface area (Å²) >= 11 is 6.05. The van der Waals surface area contributed by atoms with Gasteiger partial charge in [-0.2, -0.15) is 10.1 Å². The van der Waals surface area contributed by atoms with E-state index in [1.54, 1.807) is 36.4 Å². The van der Waals surface area contributed by atoms with E-state index in [2.05, 4.69) is 5.10 Å². The summed E-state index contributed by atoms with van der Waals surface area (Å²) in [6.45, 7) is 1.53. The quantitative estimate of drug-likeness (QED) is 0.113. The van der Waals surface area contributed by atoms with Gasteiger partial charge in [-0.25, -0.2) is 22.0 Å². The van der Waals surface area contributed by atoms with Crippen LogP contribution in [-0.4, -0.2) is 11.6 Å². The maximum atomic E-state index is 14.4. The fourth-order valence-corrected chi connectivity index (χ4v) is 4.31. The van der Waals surface area contributed by atoms with Crippen LogP contribution in [0.2, 0.25) is 5.02 Å². The van der Waals surface area contributed by atoms with Gasteiger partial charge in [0.2, 0.25) is 5.82 Å². The van der Waals surface area contributed by atoms with Crippen LogP contribution in [0.5, 0.6) is 5.75 Å². The Hall–Kier alpha value is -4.24. The molecule has 4 aromatic rings. The van der Waals surface area contributed by atoms with Gasteiger partial charge < -0.3 is 4.74 Å². The van der Waals surface area contributed by atoms with Gasteiger partial charge in [0.1, 0.15) is 18.0 Å². The number of benzene rings is 4. The fourth-order valence-electron chi connectivity index (χ4n) is 4.10. The minimum atomic E-state index is -2.33. The molecule has 0 atom stereocenters. The standard InChI is InChI=1S/C28H16ClF5N2O2/c1-14-19(28(37)36(35-14)27-25(33)23(31)22(30)24(32)26(27)34)12-20-18-8-3-2-6-16(18)9-10-21(20)38-13-15-5-4-7-17(29)11-15/h2-12H,13H2,1H3/b19-12-. The van der Waals surface area contributed by atoms with Crippen LogP contribution in [0.4, 0.5) is 27.6 Å². The molecule has 1 aliphatic heterocycles. The molecule has 0 spiro atoms. The van der Waals surface area contributed by atoms with E-state index in [1.807, 2.05) is 24.3 Å². The molecule has 0 N–H and O–H groups in total. The number of carbonyl (C=O) groups excluding carboxylic acids is 1. The van der Waals surface area contributed by atoms with E-state index >= 15 is 0 Å². The van der Waals surface area contributed by atoms with E-state index in [9.17, 15) is 26.7 Å². The molecule has 10 heteroatoms. The highest BCUT2D eigenvalue weighted by Gasteiger charge is 2.37. The lowest BCUT2D eigenvalue weighted by atomic mass is 9.99. The summed E-state index contributed by atoms with van der Waals surface area (Å²) < 4.78 is 76.1. The molecular weight excluding hydrogens is 527 g/mol. The first kappa shape index (κ1) is 25.4. The molecule has 4 aromatic carbocycles. The Balaban J connectivity index is 1.59. The van der Waals surface area contributed by atoms with Gasteiger partial charge in [-0.05, 0) is 47.5 Å². The van der Waals surface area contributed by atoms with Crippen LogP contribution in [0.1, 0.15) is 18.1 Å². The maximum Gasteiger partial charge on any atom is 0.280 e. The Morgan fingerprint density at radius 3 is 2.29 bits per heavy atom. The second-order valence-electron chi connectivity index (χ2n) is 8.40. The highest BCUT2D eigenvalue weighted by atomic mass is 35.5. The van der Waals surface area contributed by atoms with Gasteiger partial charge in [-0.1, -0.05) is 54.1 Å². The van der Waals surface area contributed by atoms with Crippen LogP contribution < -0.4 is 9.75 Å². The van der Waals surface area contributed by atoms with Crippen molar-refractivity contribution in [2.24, 2.45) is 5.10 Å². The number of carbonyl (C=O) groups is 1. The Labute approximate surface area is 218 Å². The number of fused-ring (bicyclic) bond motifs is 1. The number of nitrogens with zero attached hydrogens (tertiary/aromatic N) is 2. The zero-order valence-corrected chi connectivity index (χ0v) is 20.3. The average Bonchev–Trinajstić information content (AvgIpc) is 3.18. The van der Waals surface area contributed by atoms with E-state index in [-0.39, 0.29) is 22.9 Å². The van der Waals surface area contributed by atoms with E-state index in [4.69, 9.17) is 16.3 Å². The summed E-state index contributed by atoms with van der Waals surface area (Å²) in [6, 6.07) is 17.8. The molecule has 1 aliphatic rings. The second kappa shape index (κ2) is 9.90. The van der Waals surface area contributed by atoms with Crippen molar-refractivity contribution in [3.63, 3.8) is 0 Å². The number of anilines is 1. The van der Waals surface area contributed by atoms with Crippen molar-refractivity contribution >= 4 is 45.8 Å². The van der Waals surface area contributed by atoms with Crippen LogP contribution in [0.3, 0.4) is 0 Å². The molecule has 0 aliphatic carbocycles. The molecule has 0 bridgehead atoms. The average molecular weight is 543 g/mol. The van der Waals surface area contributed by atoms with Crippen LogP contribution in [0.15, 0.2) is 71.3 Å². The molecule has 5 rings (SSSR count). The zero-order valence-electron chi connectivity index (χ0n) is 19.5. The Bertz CT molecular complexity index is 1660. The van der Waals surface area contributed by atoms with E-state index < -0.39 is 40.7 Å². The van der Waals surface area contributed by atoms with E-state index in [1.165, 1.54) is 13.0 Å². The lowest BCUT2D eigenvalue weighted by molar-refractivity contribution is -0.114. The molecule has 192 valence electrons. The van der Waals surface area contributed by atoms with E-state index in [0.717, 1.165) is 10.9 Å². The van der Waals surface area contributed by atoms with Gasteiger partial charge in [0.05, 0.1) is 11.3 Å². The molecule has 0 fully saturated rings. The largest absolute Gasteiger partial charge is 0.488 e. The molecule has 1 heterocycles. The number of halogens is 6. The van der Waals surface area contributed by atoms with Crippen molar-refractivity contribution in [1.29, 1.82) is 0 Å². The van der Waals surface area contributed by atoms with Gasteiger partial charge in [0, 0.05) is 10.6 Å². The fraction of sp³-hybridized carbons (Fsp3) is 0.0714. The molecule has 0 aromatic heterocycles. The van der Waals surface area contributed by atoms with Crippen molar-refractivity contribution in [3.05, 3.63) is 111 Å². The first-order valence-electron chi connectivity index (χ1n) is 11.2. The zero-order chi connectivity index (χ0) is 27.1. The van der Waals surface area contributed by atoms with Crippen LogP contribution >= 0.6 is 11.6 Å². The van der Waals surface area contributed by atoms with Crippen molar-refractivity contribution in [2.45, 2.75) is 13.5 Å². The number of amides is 1. The highest BCUT2D eigenvalue weighted by molar-refractivity contribution is 6.32. The topological polar surface area (TPSA) is 41.9 Å². The van der Waals surface area contributed by atoms with Crippen molar-refractivity contribution < 1.29 is 31.5 Å². The van der Waals surface area contributed by atoms with E-state index in [0.29, 0.717) is 21.7 Å². The molecule has 4 nitrogen and oxygen atoms in total. The van der Waals surface area contributed by atoms with Gasteiger partial charge in [-0.3, -0.25) is 4.79 Å². The molecule has 0 unspecified atom stereocenters. The summed E-state index contributed by atoms with van der Waals surface area (Å²) in [7, 11) is 0. The van der Waals surface area contributed by atoms with Gasteiger partial charge >= 0.3 is 0 Å². The van der Waals surface area contributed by atoms with Crippen LogP contribution in [0.25, 0.3) is 16.8 Å². The third-order valence-electron chi connectivity index (χ3n) is 5.96. The minimum Gasteiger partial charge on any atom is -0.488 e. The molecule has 0 saturated carbocycles. The molecule has 0 radical (unpaired) electrons. The summed E-state index contributed by atoms with van der Waals surface area (Å²) in [5, 5.41) is 6.02. The number of hydrogen-bond acceptors (Lipinski definition) is 3. The molecule has 1 amide bonds. The highest BCUT2D eigenvalue weighted by Crippen LogP contribution is 2.36. The van der Waals surface area contributed by atoms with Gasteiger partial charge in [0.15, 0.2) is 23.3 Å². The molecule has 0 saturated heterocycles. The van der Waals surface area contributed by atoms with Crippen LogP contribution in [-0.2, 0) is 11.4 Å². The predicted molar refractivity (Wildman–Crippen MR) is 135 cm³/mol. The SMILES string of the molecule is CC1=NN(c2c(F)c(F)c(F)c(F)c2F)C(=O)/C1=C\c1c(OCc2cccc(Cl)c2)ccc2ccccc12. The number of rotatable bonds is 5. The van der Waals surface area contributed by atoms with Crippen molar-refractivity contribution in [1.82, 2.24) is 0 Å². The molecular formula is C28H16ClF5N2O2. The van der Waals surface area contributed by atoms with Crippen LogP contribution in [0, 0.1) is 29.1 Å². The van der Waals surface area contributed by atoms with Crippen molar-refractivity contribution in [2.75, 3.05) is 5.01 Å². The molecule has 38 heavy (non-hydrogen) atoms. The lowest BCUT2D eigenvalue weighted by Crippen LogP contribution is -2.25. The summed E-state index contributed by atoms with van der Waals surface area (Å²) in [6.07, 6.45) is 1.42. The van der Waals surface area contributed by atoms with Gasteiger partial charge in [-0.15, -0.1) is 0 Å². The first-order valence-corrected chi connectivity index (χ1v) is 11.6. The lowest BCUT2D eigenvalue weighted by Gasteiger charge is -2.15. The summed E-state index contributed by atoms with van der Waals surface area (Å²) in [4.78, 5) is 13.2. The second-order valence-corrected chi connectivity index (χ2v) is 8.83. The smallest absolute Gasteiger partial charge is 0.280 e. The minimum absolute atomic E-state index is 0.00710. The van der Waals surface area contributed by atoms with Crippen molar-refractivity contribution in [3.8, 4) is 5.75 Å². The first-order chi connectivity index (χ1) is 18.2. The monoisotopic (exact) mass is 542 g/mol. The number of hydrogen-bond donors (Lipinski definition) is 0.